The number of ether oxygens (including phenoxy) is 2. The van der Waals surface area contributed by atoms with Crippen LogP contribution >= 0.6 is 11.8 Å². The Hall–Kier alpha value is -2.80. The molecule has 1 heterocycles. The molecule has 0 aliphatic heterocycles. The first-order chi connectivity index (χ1) is 14.0. The number of rotatable bonds is 9. The van der Waals surface area contributed by atoms with Crippen LogP contribution in [0.25, 0.3) is 0 Å². The number of thioether (sulfide) groups is 1. The van der Waals surface area contributed by atoms with Crippen LogP contribution in [-0.2, 0) is 6.61 Å². The standard InChI is InChI=1S/C22H24N2O4S/c1-5-19(21(25)16-8-10-17(26-4)11-9-16)29-22-24-23-20(28-22)13-27-18-12-14(2)6-7-15(18)3/h6-12,19H,5,13H2,1-4H3. The van der Waals surface area contributed by atoms with Gasteiger partial charge in [0, 0.05) is 5.56 Å². The zero-order valence-corrected chi connectivity index (χ0v) is 17.8. The van der Waals surface area contributed by atoms with Gasteiger partial charge in [0.05, 0.1) is 12.4 Å². The van der Waals surface area contributed by atoms with E-state index in [0.29, 0.717) is 28.8 Å². The van der Waals surface area contributed by atoms with Gasteiger partial charge in [0.2, 0.25) is 0 Å². The molecular weight excluding hydrogens is 388 g/mol. The maximum Gasteiger partial charge on any atom is 0.277 e. The summed E-state index contributed by atoms with van der Waals surface area (Å²) >= 11 is 1.27. The Kier molecular flexibility index (Phi) is 6.93. The summed E-state index contributed by atoms with van der Waals surface area (Å²) in [5, 5.41) is 8.14. The monoisotopic (exact) mass is 412 g/mol. The van der Waals surface area contributed by atoms with Crippen molar-refractivity contribution < 1.29 is 18.7 Å². The van der Waals surface area contributed by atoms with Crippen LogP contribution in [0.2, 0.25) is 0 Å². The number of methoxy groups -OCH3 is 1. The van der Waals surface area contributed by atoms with Crippen LogP contribution < -0.4 is 9.47 Å². The first-order valence-electron chi connectivity index (χ1n) is 9.37. The molecule has 0 saturated carbocycles. The zero-order valence-electron chi connectivity index (χ0n) is 17.0. The van der Waals surface area contributed by atoms with Crippen LogP contribution in [0.5, 0.6) is 11.5 Å². The predicted molar refractivity (Wildman–Crippen MR) is 112 cm³/mol. The largest absolute Gasteiger partial charge is 0.497 e. The minimum Gasteiger partial charge on any atom is -0.497 e. The molecule has 1 atom stereocenters. The number of benzene rings is 2. The fourth-order valence-electron chi connectivity index (χ4n) is 2.73. The molecule has 0 amide bonds. The minimum atomic E-state index is -0.309. The van der Waals surface area contributed by atoms with E-state index in [0.717, 1.165) is 16.9 Å². The molecule has 0 aliphatic carbocycles. The molecule has 29 heavy (non-hydrogen) atoms. The molecule has 0 N–H and O–H groups in total. The highest BCUT2D eigenvalue weighted by atomic mass is 32.2. The van der Waals surface area contributed by atoms with Gasteiger partial charge < -0.3 is 13.9 Å². The van der Waals surface area contributed by atoms with Crippen molar-refractivity contribution in [2.24, 2.45) is 0 Å². The Balaban J connectivity index is 1.62. The summed E-state index contributed by atoms with van der Waals surface area (Å²) in [6.45, 7) is 6.14. The molecule has 7 heteroatoms. The molecule has 0 spiro atoms. The smallest absolute Gasteiger partial charge is 0.277 e. The SMILES string of the molecule is CCC(Sc1nnc(COc2cc(C)ccc2C)o1)C(=O)c1ccc(OC)cc1. The Bertz CT molecular complexity index is 969. The third kappa shape index (κ3) is 5.38. The summed E-state index contributed by atoms with van der Waals surface area (Å²) in [6, 6.07) is 13.1. The van der Waals surface area contributed by atoms with E-state index in [2.05, 4.69) is 10.2 Å². The lowest BCUT2D eigenvalue weighted by Gasteiger charge is -2.11. The predicted octanol–water partition coefficient (Wildman–Crippen LogP) is 5.03. The Labute approximate surface area is 174 Å². The third-order valence-electron chi connectivity index (χ3n) is 4.42. The van der Waals surface area contributed by atoms with Gasteiger partial charge in [-0.3, -0.25) is 4.79 Å². The van der Waals surface area contributed by atoms with Gasteiger partial charge in [0.15, 0.2) is 12.4 Å². The van der Waals surface area contributed by atoms with E-state index in [9.17, 15) is 4.79 Å². The number of hydrogen-bond donors (Lipinski definition) is 0. The van der Waals surface area contributed by atoms with Crippen molar-refractivity contribution in [2.45, 2.75) is 44.3 Å². The summed E-state index contributed by atoms with van der Waals surface area (Å²) < 4.78 is 16.6. The van der Waals surface area contributed by atoms with Crippen molar-refractivity contribution in [1.29, 1.82) is 0 Å². The van der Waals surface area contributed by atoms with E-state index in [1.165, 1.54) is 11.8 Å². The molecule has 1 unspecified atom stereocenters. The second kappa shape index (κ2) is 9.60. The van der Waals surface area contributed by atoms with Gasteiger partial charge in [-0.15, -0.1) is 10.2 Å². The van der Waals surface area contributed by atoms with Crippen molar-refractivity contribution >= 4 is 17.5 Å². The van der Waals surface area contributed by atoms with E-state index < -0.39 is 0 Å². The molecule has 0 fully saturated rings. The van der Waals surface area contributed by atoms with E-state index in [1.54, 1.807) is 31.4 Å². The molecule has 2 aromatic carbocycles. The maximum absolute atomic E-state index is 12.8. The Morgan fingerprint density at radius 1 is 1.14 bits per heavy atom. The van der Waals surface area contributed by atoms with E-state index in [1.807, 2.05) is 39.0 Å². The maximum atomic E-state index is 12.8. The van der Waals surface area contributed by atoms with Crippen molar-refractivity contribution in [3.8, 4) is 11.5 Å². The fraction of sp³-hybridized carbons (Fsp3) is 0.318. The topological polar surface area (TPSA) is 74.5 Å². The highest BCUT2D eigenvalue weighted by molar-refractivity contribution is 8.00. The number of aromatic nitrogens is 2. The van der Waals surface area contributed by atoms with Crippen molar-refractivity contribution in [3.05, 3.63) is 65.0 Å². The van der Waals surface area contributed by atoms with Gasteiger partial charge >= 0.3 is 0 Å². The summed E-state index contributed by atoms with van der Waals surface area (Å²) in [6.07, 6.45) is 0.645. The van der Waals surface area contributed by atoms with Gasteiger partial charge in [0.25, 0.3) is 11.1 Å². The van der Waals surface area contributed by atoms with Crippen LogP contribution in [0.15, 0.2) is 52.1 Å². The first kappa shape index (κ1) is 20.9. The van der Waals surface area contributed by atoms with Crippen molar-refractivity contribution in [1.82, 2.24) is 10.2 Å². The second-order valence-corrected chi connectivity index (χ2v) is 7.78. The highest BCUT2D eigenvalue weighted by Crippen LogP contribution is 2.28. The number of carbonyl (C=O) groups excluding carboxylic acids is 1. The molecule has 3 rings (SSSR count). The van der Waals surface area contributed by atoms with Crippen LogP contribution in [0.3, 0.4) is 0 Å². The van der Waals surface area contributed by atoms with E-state index in [-0.39, 0.29) is 17.6 Å². The number of hydrogen-bond acceptors (Lipinski definition) is 7. The molecule has 1 aromatic heterocycles. The normalized spacial score (nSPS) is 11.9. The van der Waals surface area contributed by atoms with Gasteiger partial charge in [-0.25, -0.2) is 0 Å². The second-order valence-electron chi connectivity index (χ2n) is 6.63. The lowest BCUT2D eigenvalue weighted by atomic mass is 10.1. The number of ketones is 1. The van der Waals surface area contributed by atoms with E-state index >= 15 is 0 Å². The first-order valence-corrected chi connectivity index (χ1v) is 10.3. The van der Waals surface area contributed by atoms with E-state index in [4.69, 9.17) is 13.9 Å². The van der Waals surface area contributed by atoms with Crippen LogP contribution in [0.4, 0.5) is 0 Å². The number of aryl methyl sites for hydroxylation is 2. The molecule has 0 radical (unpaired) electrons. The number of Topliss-reactive ketones (excluding diaryl/α,β-unsaturated/α-hetero) is 1. The van der Waals surface area contributed by atoms with Crippen LogP contribution in [0.1, 0.15) is 40.7 Å². The van der Waals surface area contributed by atoms with Gasteiger partial charge in [-0.1, -0.05) is 30.8 Å². The third-order valence-corrected chi connectivity index (χ3v) is 5.62. The number of carbonyl (C=O) groups is 1. The molecule has 0 aliphatic rings. The highest BCUT2D eigenvalue weighted by Gasteiger charge is 2.22. The Morgan fingerprint density at radius 3 is 2.59 bits per heavy atom. The van der Waals surface area contributed by atoms with Crippen LogP contribution in [0, 0.1) is 13.8 Å². The molecule has 0 bridgehead atoms. The summed E-state index contributed by atoms with van der Waals surface area (Å²) in [7, 11) is 1.60. The molecule has 3 aromatic rings. The lowest BCUT2D eigenvalue weighted by Crippen LogP contribution is -2.16. The number of nitrogens with zero attached hydrogens (tertiary/aromatic N) is 2. The van der Waals surface area contributed by atoms with Gasteiger partial charge in [-0.2, -0.15) is 0 Å². The summed E-state index contributed by atoms with van der Waals surface area (Å²) in [5.41, 5.74) is 2.79. The fourth-order valence-corrected chi connectivity index (χ4v) is 3.62. The molecule has 6 nitrogen and oxygen atoms in total. The van der Waals surface area contributed by atoms with Crippen molar-refractivity contribution in [3.63, 3.8) is 0 Å². The van der Waals surface area contributed by atoms with Crippen molar-refractivity contribution in [2.75, 3.05) is 7.11 Å². The van der Waals surface area contributed by atoms with Gasteiger partial charge in [-0.05, 0) is 61.7 Å². The van der Waals surface area contributed by atoms with Crippen LogP contribution in [-0.4, -0.2) is 28.3 Å². The lowest BCUT2D eigenvalue weighted by molar-refractivity contribution is 0.0987. The quantitative estimate of drug-likeness (QED) is 0.360. The summed E-state index contributed by atoms with van der Waals surface area (Å²) in [4.78, 5) is 12.8. The minimum absolute atomic E-state index is 0.0199. The molecular formula is C22H24N2O4S. The van der Waals surface area contributed by atoms with Gasteiger partial charge in [0.1, 0.15) is 11.5 Å². The average molecular weight is 413 g/mol. The average Bonchev–Trinajstić information content (AvgIpc) is 3.19. The summed E-state index contributed by atoms with van der Waals surface area (Å²) in [5.74, 6) is 1.90. The zero-order chi connectivity index (χ0) is 20.8. The Morgan fingerprint density at radius 2 is 1.90 bits per heavy atom. The molecule has 152 valence electrons. The molecule has 0 saturated heterocycles.